The van der Waals surface area contributed by atoms with Crippen LogP contribution < -0.4 is 5.32 Å². The number of piperidine rings is 1. The molecular formula is C33H34F2N6O2. The van der Waals surface area contributed by atoms with Crippen LogP contribution >= 0.6 is 0 Å². The molecule has 2 bridgehead atoms. The predicted molar refractivity (Wildman–Crippen MR) is 158 cm³/mol. The number of amides is 1. The number of carbonyl (C=O) groups excluding carboxylic acids is 1. The fraction of sp³-hybridized carbons (Fsp3) is 0.424. The quantitative estimate of drug-likeness (QED) is 0.316. The lowest BCUT2D eigenvalue weighted by Gasteiger charge is -2.29. The van der Waals surface area contributed by atoms with E-state index in [1.807, 2.05) is 19.1 Å². The third-order valence-corrected chi connectivity index (χ3v) is 9.12. The van der Waals surface area contributed by atoms with Crippen molar-refractivity contribution in [3.05, 3.63) is 82.6 Å². The highest BCUT2D eigenvalue weighted by atomic mass is 19.1. The predicted octanol–water partition coefficient (Wildman–Crippen LogP) is 4.33. The van der Waals surface area contributed by atoms with Crippen LogP contribution in [-0.4, -0.2) is 69.3 Å². The summed E-state index contributed by atoms with van der Waals surface area (Å²) in [4.78, 5) is 28.3. The van der Waals surface area contributed by atoms with E-state index in [1.165, 1.54) is 6.42 Å². The van der Waals surface area contributed by atoms with Gasteiger partial charge in [0.2, 0.25) is 0 Å². The van der Waals surface area contributed by atoms with Crippen LogP contribution in [0.5, 0.6) is 0 Å². The summed E-state index contributed by atoms with van der Waals surface area (Å²) in [6, 6.07) is 10.2. The van der Waals surface area contributed by atoms with Crippen molar-refractivity contribution >= 4 is 16.8 Å². The first-order valence-electron chi connectivity index (χ1n) is 14.9. The molecule has 5 atom stereocenters. The lowest BCUT2D eigenvalue weighted by atomic mass is 9.95. The van der Waals surface area contributed by atoms with Gasteiger partial charge in [0, 0.05) is 66.4 Å². The minimum atomic E-state index is -1.05. The topological polar surface area (TPSA) is 88.1 Å². The maximum Gasteiger partial charge on any atom is 0.270 e. The molecule has 3 aromatic heterocycles. The molecule has 1 saturated heterocycles. The molecule has 222 valence electrons. The SMILES string of the molecule is COCCN1C[C@@H]2C[C@H]1C[C@H]2C#Cc1cc(C)nc(C(=O)NC(c2ncn3c2C[C@@H](F)C3)c2[nH]c3ccccc3c2F)c1. The number of nitrogens with zero attached hydrogens (tertiary/aromatic N) is 4. The standard InChI is InChI=1S/C33H34F2N6O2/c1-19-11-20(7-8-21-13-24-14-22(21)16-40(24)9-10-43-2)12-27(37-19)33(42)39-32(30-28-15-23(34)17-41(28)18-36-30)31-29(35)25-5-3-4-6-26(25)38-31/h3-6,11-12,18,21-24,32,38H,9-10,13-17H2,1-2H3,(H,39,42)/t21-,22+,23-,24-,32?/m1/s1. The Morgan fingerprint density at radius 3 is 2.91 bits per heavy atom. The molecule has 0 radical (unpaired) electrons. The Morgan fingerprint density at radius 2 is 2.12 bits per heavy atom. The summed E-state index contributed by atoms with van der Waals surface area (Å²) in [5.41, 5.74) is 3.39. The van der Waals surface area contributed by atoms with Crippen LogP contribution in [0.25, 0.3) is 10.9 Å². The number of pyridine rings is 1. The van der Waals surface area contributed by atoms with Crippen molar-refractivity contribution in [1.29, 1.82) is 0 Å². The number of H-pyrrole nitrogens is 1. The Bertz CT molecular complexity index is 1750. The number of carbonyl (C=O) groups is 1. The molecule has 7 rings (SSSR count). The number of likely N-dealkylation sites (tertiary alicyclic amines) is 1. The molecule has 4 aromatic rings. The summed E-state index contributed by atoms with van der Waals surface area (Å²) in [6.07, 6.45) is 2.86. The summed E-state index contributed by atoms with van der Waals surface area (Å²) < 4.78 is 37.0. The number of ether oxygens (including phenoxy) is 1. The molecular weight excluding hydrogens is 550 g/mol. The molecule has 2 aliphatic heterocycles. The third-order valence-electron chi connectivity index (χ3n) is 9.12. The lowest BCUT2D eigenvalue weighted by molar-refractivity contribution is 0.0936. The van der Waals surface area contributed by atoms with Crippen LogP contribution in [0.3, 0.4) is 0 Å². The molecule has 0 spiro atoms. The summed E-state index contributed by atoms with van der Waals surface area (Å²) >= 11 is 0. The first kappa shape index (κ1) is 27.7. The van der Waals surface area contributed by atoms with Gasteiger partial charge in [-0.15, -0.1) is 0 Å². The molecule has 3 aliphatic rings. The largest absolute Gasteiger partial charge is 0.383 e. The Morgan fingerprint density at radius 1 is 1.26 bits per heavy atom. The number of benzene rings is 1. The minimum Gasteiger partial charge on any atom is -0.383 e. The zero-order valence-electron chi connectivity index (χ0n) is 24.2. The maximum atomic E-state index is 15.7. The van der Waals surface area contributed by atoms with Gasteiger partial charge in [0.05, 0.1) is 30.9 Å². The van der Waals surface area contributed by atoms with E-state index in [4.69, 9.17) is 4.74 Å². The first-order valence-corrected chi connectivity index (χ1v) is 14.9. The van der Waals surface area contributed by atoms with E-state index < -0.39 is 23.9 Å². The molecule has 10 heteroatoms. The van der Waals surface area contributed by atoms with Crippen LogP contribution in [-0.2, 0) is 17.7 Å². The molecule has 2 N–H and O–H groups in total. The van der Waals surface area contributed by atoms with Crippen LogP contribution in [0.1, 0.15) is 57.7 Å². The van der Waals surface area contributed by atoms with E-state index in [2.05, 4.69) is 37.0 Å². The third kappa shape index (κ3) is 5.21. The van der Waals surface area contributed by atoms with Crippen molar-refractivity contribution in [2.75, 3.05) is 26.8 Å². The van der Waals surface area contributed by atoms with Gasteiger partial charge in [0.15, 0.2) is 5.82 Å². The van der Waals surface area contributed by atoms with E-state index in [0.29, 0.717) is 51.4 Å². The van der Waals surface area contributed by atoms with Crippen molar-refractivity contribution in [2.24, 2.45) is 11.8 Å². The number of aromatic nitrogens is 4. The van der Waals surface area contributed by atoms with Gasteiger partial charge in [-0.1, -0.05) is 24.0 Å². The van der Waals surface area contributed by atoms with E-state index >= 15 is 4.39 Å². The van der Waals surface area contributed by atoms with Crippen molar-refractivity contribution in [3.63, 3.8) is 0 Å². The van der Waals surface area contributed by atoms with Gasteiger partial charge in [0.1, 0.15) is 17.9 Å². The van der Waals surface area contributed by atoms with Crippen LogP contribution in [0.4, 0.5) is 8.78 Å². The number of alkyl halides is 1. The zero-order chi connectivity index (χ0) is 29.7. The molecule has 43 heavy (non-hydrogen) atoms. The summed E-state index contributed by atoms with van der Waals surface area (Å²) in [5, 5.41) is 3.37. The Kier molecular flexibility index (Phi) is 7.23. The average molecular weight is 585 g/mol. The molecule has 8 nitrogen and oxygen atoms in total. The molecule has 1 aromatic carbocycles. The molecule has 2 fully saturated rings. The van der Waals surface area contributed by atoms with Gasteiger partial charge in [0.25, 0.3) is 5.91 Å². The molecule has 1 saturated carbocycles. The number of methoxy groups -OCH3 is 1. The maximum absolute atomic E-state index is 15.7. The fourth-order valence-corrected chi connectivity index (χ4v) is 7.08. The number of aryl methyl sites for hydroxylation is 1. The number of hydrogen-bond acceptors (Lipinski definition) is 5. The van der Waals surface area contributed by atoms with Crippen molar-refractivity contribution < 1.29 is 18.3 Å². The van der Waals surface area contributed by atoms with Gasteiger partial charge < -0.3 is 19.6 Å². The van der Waals surface area contributed by atoms with E-state index in [1.54, 1.807) is 42.3 Å². The number of aromatic amines is 1. The number of para-hydroxylation sites is 1. The minimum absolute atomic E-state index is 0.152. The molecule has 1 aliphatic carbocycles. The summed E-state index contributed by atoms with van der Waals surface area (Å²) in [5.74, 6) is 6.69. The number of fused-ring (bicyclic) bond motifs is 4. The number of rotatable bonds is 7. The van der Waals surface area contributed by atoms with Gasteiger partial charge in [-0.2, -0.15) is 0 Å². The van der Waals surface area contributed by atoms with Crippen LogP contribution in [0.15, 0.2) is 42.7 Å². The van der Waals surface area contributed by atoms with Crippen molar-refractivity contribution in [3.8, 4) is 11.8 Å². The lowest BCUT2D eigenvalue weighted by Crippen LogP contribution is -2.37. The fourth-order valence-electron chi connectivity index (χ4n) is 7.08. The second kappa shape index (κ2) is 11.2. The molecule has 1 amide bonds. The zero-order valence-corrected chi connectivity index (χ0v) is 24.2. The second-order valence-corrected chi connectivity index (χ2v) is 12.0. The number of hydrogen-bond donors (Lipinski definition) is 2. The van der Waals surface area contributed by atoms with Gasteiger partial charge in [-0.05, 0) is 49.9 Å². The van der Waals surface area contributed by atoms with Crippen LogP contribution in [0, 0.1) is 36.4 Å². The number of halogens is 2. The van der Waals surface area contributed by atoms with E-state index in [-0.39, 0.29) is 24.4 Å². The Labute approximate surface area is 248 Å². The average Bonchev–Trinajstić information content (AvgIpc) is 3.81. The van der Waals surface area contributed by atoms with Crippen molar-refractivity contribution in [1.82, 2.24) is 29.7 Å². The highest BCUT2D eigenvalue weighted by Gasteiger charge is 2.43. The number of imidazole rings is 1. The second-order valence-electron chi connectivity index (χ2n) is 12.0. The van der Waals surface area contributed by atoms with Crippen LogP contribution in [0.2, 0.25) is 0 Å². The summed E-state index contributed by atoms with van der Waals surface area (Å²) in [7, 11) is 1.73. The van der Waals surface area contributed by atoms with Gasteiger partial charge in [-0.3, -0.25) is 9.69 Å². The number of nitrogens with one attached hydrogen (secondary N) is 2. The summed E-state index contributed by atoms with van der Waals surface area (Å²) in [6.45, 7) is 4.76. The first-order chi connectivity index (χ1) is 20.9. The van der Waals surface area contributed by atoms with Gasteiger partial charge in [-0.25, -0.2) is 18.7 Å². The smallest absolute Gasteiger partial charge is 0.270 e. The van der Waals surface area contributed by atoms with Gasteiger partial charge >= 0.3 is 0 Å². The van der Waals surface area contributed by atoms with Crippen molar-refractivity contribution in [2.45, 2.75) is 51.0 Å². The molecule has 1 unspecified atom stereocenters. The highest BCUT2D eigenvalue weighted by molar-refractivity contribution is 5.93. The van der Waals surface area contributed by atoms with E-state index in [0.717, 1.165) is 26.1 Å². The van der Waals surface area contributed by atoms with E-state index in [9.17, 15) is 9.18 Å². The Balaban J connectivity index is 1.15. The Hall–Kier alpha value is -4.07. The molecule has 5 heterocycles. The highest BCUT2D eigenvalue weighted by Crippen LogP contribution is 2.41. The monoisotopic (exact) mass is 584 g/mol. The normalized spacial score (nSPS) is 23.3.